The Kier molecular flexibility index (Phi) is 3.69. The van der Waals surface area contributed by atoms with E-state index in [4.69, 9.17) is 0 Å². The molecule has 106 valence electrons. The average molecular weight is 279 g/mol. The molecule has 0 unspecified atom stereocenters. The summed E-state index contributed by atoms with van der Waals surface area (Å²) < 4.78 is 0. The summed E-state index contributed by atoms with van der Waals surface area (Å²) in [7, 11) is 0. The molecule has 4 heteroatoms. The van der Waals surface area contributed by atoms with Gasteiger partial charge in [0.2, 0.25) is 0 Å². The van der Waals surface area contributed by atoms with E-state index < -0.39 is 0 Å². The zero-order valence-corrected chi connectivity index (χ0v) is 11.9. The first-order chi connectivity index (χ1) is 10.3. The molecular formula is C17H17N3O. The third kappa shape index (κ3) is 2.79. The Balaban J connectivity index is 1.85. The lowest BCUT2D eigenvalue weighted by Crippen LogP contribution is -2.23. The van der Waals surface area contributed by atoms with Crippen LogP contribution in [0.4, 0.5) is 0 Å². The van der Waals surface area contributed by atoms with Crippen molar-refractivity contribution in [3.05, 3.63) is 54.1 Å². The summed E-state index contributed by atoms with van der Waals surface area (Å²) in [5.74, 6) is 0.782. The molecule has 0 aliphatic rings. The summed E-state index contributed by atoms with van der Waals surface area (Å²) in [4.78, 5) is 19.7. The molecule has 0 aliphatic carbocycles. The van der Waals surface area contributed by atoms with Crippen molar-refractivity contribution in [1.29, 1.82) is 0 Å². The van der Waals surface area contributed by atoms with Gasteiger partial charge in [0, 0.05) is 17.7 Å². The predicted molar refractivity (Wildman–Crippen MR) is 84.2 cm³/mol. The van der Waals surface area contributed by atoms with E-state index in [-0.39, 0.29) is 5.91 Å². The van der Waals surface area contributed by atoms with E-state index in [0.29, 0.717) is 12.1 Å². The molecule has 2 aromatic carbocycles. The van der Waals surface area contributed by atoms with Crippen LogP contribution in [-0.4, -0.2) is 22.4 Å². The van der Waals surface area contributed by atoms with Crippen molar-refractivity contribution in [2.75, 3.05) is 6.54 Å². The number of nitrogens with zero attached hydrogens (tertiary/aromatic N) is 1. The molecule has 2 N–H and O–H groups in total. The normalized spacial score (nSPS) is 10.7. The van der Waals surface area contributed by atoms with E-state index in [2.05, 4.69) is 15.3 Å². The van der Waals surface area contributed by atoms with Crippen LogP contribution in [0.25, 0.3) is 22.4 Å². The van der Waals surface area contributed by atoms with Crippen LogP contribution in [0.15, 0.2) is 48.5 Å². The van der Waals surface area contributed by atoms with Gasteiger partial charge in [-0.2, -0.15) is 0 Å². The standard InChI is InChI=1S/C17H17N3O/c1-2-11-18-17(21)13-9-7-12(8-10-13)16-19-14-5-3-4-6-15(14)20-16/h3-10H,2,11H2,1H3,(H,18,21)(H,19,20). The first kappa shape index (κ1) is 13.4. The molecule has 1 amide bonds. The summed E-state index contributed by atoms with van der Waals surface area (Å²) in [6, 6.07) is 15.4. The van der Waals surface area contributed by atoms with Crippen LogP contribution < -0.4 is 5.32 Å². The van der Waals surface area contributed by atoms with E-state index in [1.165, 1.54) is 0 Å². The number of amides is 1. The molecule has 0 aliphatic heterocycles. The maximum atomic E-state index is 11.9. The highest BCUT2D eigenvalue weighted by atomic mass is 16.1. The van der Waals surface area contributed by atoms with Crippen molar-refractivity contribution in [3.8, 4) is 11.4 Å². The molecule has 0 radical (unpaired) electrons. The lowest BCUT2D eigenvalue weighted by Gasteiger charge is -2.04. The number of aromatic amines is 1. The molecule has 0 bridgehead atoms. The second kappa shape index (κ2) is 5.79. The van der Waals surface area contributed by atoms with Gasteiger partial charge in [0.15, 0.2) is 0 Å². The topological polar surface area (TPSA) is 57.8 Å². The van der Waals surface area contributed by atoms with E-state index in [1.807, 2.05) is 55.5 Å². The van der Waals surface area contributed by atoms with Gasteiger partial charge >= 0.3 is 0 Å². The number of imidazole rings is 1. The summed E-state index contributed by atoms with van der Waals surface area (Å²) in [5.41, 5.74) is 3.59. The van der Waals surface area contributed by atoms with E-state index in [0.717, 1.165) is 28.8 Å². The Morgan fingerprint density at radius 1 is 1.14 bits per heavy atom. The monoisotopic (exact) mass is 279 g/mol. The van der Waals surface area contributed by atoms with E-state index >= 15 is 0 Å². The van der Waals surface area contributed by atoms with Crippen LogP contribution in [0.5, 0.6) is 0 Å². The van der Waals surface area contributed by atoms with Crippen LogP contribution in [0.2, 0.25) is 0 Å². The Bertz CT molecular complexity index is 726. The minimum absolute atomic E-state index is 0.0343. The fraction of sp³-hybridized carbons (Fsp3) is 0.176. The fourth-order valence-corrected chi connectivity index (χ4v) is 2.21. The van der Waals surface area contributed by atoms with Gasteiger partial charge < -0.3 is 10.3 Å². The fourth-order valence-electron chi connectivity index (χ4n) is 2.21. The largest absolute Gasteiger partial charge is 0.352 e. The molecule has 0 atom stereocenters. The van der Waals surface area contributed by atoms with Gasteiger partial charge in [-0.05, 0) is 30.7 Å². The number of rotatable bonds is 4. The molecular weight excluding hydrogens is 262 g/mol. The summed E-state index contributed by atoms with van der Waals surface area (Å²) >= 11 is 0. The number of benzene rings is 2. The van der Waals surface area contributed by atoms with Gasteiger partial charge in [0.05, 0.1) is 11.0 Å². The lowest BCUT2D eigenvalue weighted by atomic mass is 10.1. The molecule has 1 aromatic heterocycles. The smallest absolute Gasteiger partial charge is 0.251 e. The van der Waals surface area contributed by atoms with Crippen molar-refractivity contribution >= 4 is 16.9 Å². The van der Waals surface area contributed by atoms with E-state index in [9.17, 15) is 4.79 Å². The number of carbonyl (C=O) groups excluding carboxylic acids is 1. The molecule has 1 heterocycles. The zero-order valence-electron chi connectivity index (χ0n) is 11.9. The Labute approximate surface area is 123 Å². The van der Waals surface area contributed by atoms with Crippen molar-refractivity contribution < 1.29 is 4.79 Å². The predicted octanol–water partition coefficient (Wildman–Crippen LogP) is 3.37. The number of para-hydroxylation sites is 2. The molecule has 21 heavy (non-hydrogen) atoms. The van der Waals surface area contributed by atoms with Gasteiger partial charge in [-0.1, -0.05) is 31.2 Å². The highest BCUT2D eigenvalue weighted by Crippen LogP contribution is 2.20. The second-order valence-corrected chi connectivity index (χ2v) is 4.94. The number of aromatic nitrogens is 2. The Morgan fingerprint density at radius 3 is 2.62 bits per heavy atom. The number of nitrogens with one attached hydrogen (secondary N) is 2. The minimum atomic E-state index is -0.0343. The van der Waals surface area contributed by atoms with Gasteiger partial charge in [-0.15, -0.1) is 0 Å². The third-order valence-corrected chi connectivity index (χ3v) is 3.35. The third-order valence-electron chi connectivity index (χ3n) is 3.35. The maximum absolute atomic E-state index is 11.9. The average Bonchev–Trinajstić information content (AvgIpc) is 2.96. The van der Waals surface area contributed by atoms with Crippen molar-refractivity contribution in [3.63, 3.8) is 0 Å². The number of hydrogen-bond donors (Lipinski definition) is 2. The second-order valence-electron chi connectivity index (χ2n) is 4.94. The van der Waals surface area contributed by atoms with Crippen LogP contribution >= 0.6 is 0 Å². The van der Waals surface area contributed by atoms with Gasteiger partial charge in [0.25, 0.3) is 5.91 Å². The van der Waals surface area contributed by atoms with E-state index in [1.54, 1.807) is 0 Å². The van der Waals surface area contributed by atoms with Crippen LogP contribution in [-0.2, 0) is 0 Å². The van der Waals surface area contributed by atoms with Crippen molar-refractivity contribution in [1.82, 2.24) is 15.3 Å². The minimum Gasteiger partial charge on any atom is -0.352 e. The summed E-state index contributed by atoms with van der Waals surface area (Å²) in [5, 5.41) is 2.87. The highest BCUT2D eigenvalue weighted by Gasteiger charge is 2.07. The molecule has 3 rings (SSSR count). The van der Waals surface area contributed by atoms with Gasteiger partial charge in [-0.25, -0.2) is 4.98 Å². The summed E-state index contributed by atoms with van der Waals surface area (Å²) in [6.07, 6.45) is 0.933. The van der Waals surface area contributed by atoms with Crippen LogP contribution in [0.1, 0.15) is 23.7 Å². The number of H-pyrrole nitrogens is 1. The Morgan fingerprint density at radius 2 is 1.90 bits per heavy atom. The van der Waals surface area contributed by atoms with Crippen molar-refractivity contribution in [2.45, 2.75) is 13.3 Å². The van der Waals surface area contributed by atoms with Crippen LogP contribution in [0.3, 0.4) is 0 Å². The summed E-state index contributed by atoms with van der Waals surface area (Å²) in [6.45, 7) is 2.73. The molecule has 0 saturated heterocycles. The van der Waals surface area contributed by atoms with Gasteiger partial charge in [0.1, 0.15) is 5.82 Å². The molecule has 0 spiro atoms. The molecule has 0 fully saturated rings. The molecule has 0 saturated carbocycles. The molecule has 3 aromatic rings. The maximum Gasteiger partial charge on any atom is 0.251 e. The quantitative estimate of drug-likeness (QED) is 0.769. The lowest BCUT2D eigenvalue weighted by molar-refractivity contribution is 0.0953. The zero-order chi connectivity index (χ0) is 14.7. The number of hydrogen-bond acceptors (Lipinski definition) is 2. The Hall–Kier alpha value is -2.62. The van der Waals surface area contributed by atoms with Crippen molar-refractivity contribution in [2.24, 2.45) is 0 Å². The first-order valence-corrected chi connectivity index (χ1v) is 7.11. The van der Waals surface area contributed by atoms with Gasteiger partial charge in [-0.3, -0.25) is 4.79 Å². The number of fused-ring (bicyclic) bond motifs is 1. The first-order valence-electron chi connectivity index (χ1n) is 7.11. The van der Waals surface area contributed by atoms with Crippen LogP contribution in [0, 0.1) is 0 Å². The molecule has 4 nitrogen and oxygen atoms in total. The highest BCUT2D eigenvalue weighted by molar-refractivity contribution is 5.94. The number of carbonyl (C=O) groups is 1. The SMILES string of the molecule is CCCNC(=O)c1ccc(-c2nc3ccccc3[nH]2)cc1.